The molecule has 124 valence electrons. The molecule has 1 aromatic carbocycles. The third kappa shape index (κ3) is 3.83. The molecule has 0 radical (unpaired) electrons. The predicted molar refractivity (Wildman–Crippen MR) is 85.2 cm³/mol. The van der Waals surface area contributed by atoms with Crippen molar-refractivity contribution in [3.05, 3.63) is 58.9 Å². The number of aromatic nitrogens is 2. The number of carbonyl (C=O) groups excluding carboxylic acids is 1. The number of hydrogen-bond donors (Lipinski definition) is 1. The Bertz CT molecular complexity index is 761. The van der Waals surface area contributed by atoms with Crippen molar-refractivity contribution in [3.8, 4) is 11.6 Å². The number of anilines is 1. The van der Waals surface area contributed by atoms with E-state index < -0.39 is 16.6 Å². The molecule has 0 fully saturated rings. The summed E-state index contributed by atoms with van der Waals surface area (Å²) >= 11 is 0. The summed E-state index contributed by atoms with van der Waals surface area (Å²) in [5, 5.41) is 14.0. The fraction of sp³-hybridized carbons (Fsp3) is 0.133. The van der Waals surface area contributed by atoms with Gasteiger partial charge in [0.2, 0.25) is 5.82 Å². The van der Waals surface area contributed by atoms with Crippen LogP contribution < -0.4 is 10.1 Å². The molecular formula is C15H14N4O5. The molecule has 0 saturated carbocycles. The van der Waals surface area contributed by atoms with Gasteiger partial charge in [0.25, 0.3) is 0 Å². The van der Waals surface area contributed by atoms with Gasteiger partial charge in [-0.05, 0) is 24.3 Å². The molecule has 0 aliphatic carbocycles. The van der Waals surface area contributed by atoms with Crippen LogP contribution in [0.4, 0.5) is 11.5 Å². The van der Waals surface area contributed by atoms with E-state index in [0.29, 0.717) is 12.1 Å². The molecule has 0 spiro atoms. The minimum atomic E-state index is -0.635. The molecule has 2 rings (SSSR count). The van der Waals surface area contributed by atoms with Crippen molar-refractivity contribution < 1.29 is 19.2 Å². The second kappa shape index (κ2) is 7.68. The minimum Gasteiger partial charge on any atom is -0.465 e. The Balaban J connectivity index is 2.30. The number of ether oxygens (including phenoxy) is 2. The van der Waals surface area contributed by atoms with Crippen molar-refractivity contribution in [1.29, 1.82) is 0 Å². The highest BCUT2D eigenvalue weighted by molar-refractivity contribution is 5.89. The Morgan fingerprint density at radius 1 is 1.38 bits per heavy atom. The van der Waals surface area contributed by atoms with Crippen LogP contribution >= 0.6 is 0 Å². The monoisotopic (exact) mass is 330 g/mol. The Morgan fingerprint density at radius 3 is 2.67 bits per heavy atom. The molecule has 0 aliphatic heterocycles. The zero-order valence-electron chi connectivity index (χ0n) is 12.8. The van der Waals surface area contributed by atoms with Gasteiger partial charge in [-0.3, -0.25) is 10.1 Å². The van der Waals surface area contributed by atoms with Crippen molar-refractivity contribution in [2.75, 3.05) is 19.0 Å². The summed E-state index contributed by atoms with van der Waals surface area (Å²) in [4.78, 5) is 29.7. The highest BCUT2D eigenvalue weighted by atomic mass is 16.6. The molecular weight excluding hydrogens is 316 g/mol. The van der Waals surface area contributed by atoms with Crippen LogP contribution in [0, 0.1) is 10.1 Å². The summed E-state index contributed by atoms with van der Waals surface area (Å²) in [5.74, 6) is -0.409. The highest BCUT2D eigenvalue weighted by Crippen LogP contribution is 2.33. The Kier molecular flexibility index (Phi) is 5.40. The first-order valence-corrected chi connectivity index (χ1v) is 6.77. The van der Waals surface area contributed by atoms with E-state index in [2.05, 4.69) is 26.6 Å². The first-order chi connectivity index (χ1) is 11.6. The van der Waals surface area contributed by atoms with Gasteiger partial charge in [0, 0.05) is 6.54 Å². The molecule has 0 bridgehead atoms. The Morgan fingerprint density at radius 2 is 2.08 bits per heavy atom. The van der Waals surface area contributed by atoms with Crippen LogP contribution in [-0.2, 0) is 4.74 Å². The van der Waals surface area contributed by atoms with Crippen LogP contribution in [0.3, 0.4) is 0 Å². The van der Waals surface area contributed by atoms with Crippen molar-refractivity contribution in [2.45, 2.75) is 0 Å². The number of carbonyl (C=O) groups is 1. The highest BCUT2D eigenvalue weighted by Gasteiger charge is 2.24. The van der Waals surface area contributed by atoms with Crippen LogP contribution in [0.25, 0.3) is 0 Å². The smallest absolute Gasteiger partial charge is 0.373 e. The summed E-state index contributed by atoms with van der Waals surface area (Å²) in [6, 6.07) is 5.92. The maximum absolute atomic E-state index is 11.4. The number of methoxy groups -OCH3 is 1. The average molecular weight is 330 g/mol. The van der Waals surface area contributed by atoms with E-state index in [4.69, 9.17) is 4.74 Å². The van der Waals surface area contributed by atoms with E-state index in [1.807, 2.05) is 0 Å². The SMILES string of the molecule is C=CCNc1ncnc(Oc2ccc(C(=O)OC)cc2)c1[N+](=O)[O-]. The summed E-state index contributed by atoms with van der Waals surface area (Å²) in [5.41, 5.74) is -0.0632. The molecule has 0 aliphatic rings. The van der Waals surface area contributed by atoms with Gasteiger partial charge in [-0.15, -0.1) is 6.58 Å². The zero-order valence-corrected chi connectivity index (χ0v) is 12.8. The lowest BCUT2D eigenvalue weighted by atomic mass is 10.2. The molecule has 0 saturated heterocycles. The largest absolute Gasteiger partial charge is 0.465 e. The van der Waals surface area contributed by atoms with Gasteiger partial charge in [0.15, 0.2) is 0 Å². The zero-order chi connectivity index (χ0) is 17.5. The molecule has 9 nitrogen and oxygen atoms in total. The lowest BCUT2D eigenvalue weighted by Crippen LogP contribution is -2.06. The second-order valence-electron chi connectivity index (χ2n) is 4.42. The van der Waals surface area contributed by atoms with Crippen molar-refractivity contribution >= 4 is 17.5 Å². The molecule has 0 atom stereocenters. The normalized spacial score (nSPS) is 9.88. The molecule has 1 heterocycles. The van der Waals surface area contributed by atoms with E-state index in [0.717, 1.165) is 6.33 Å². The first kappa shape index (κ1) is 16.9. The topological polar surface area (TPSA) is 116 Å². The molecule has 1 aromatic heterocycles. The molecule has 0 unspecified atom stereocenters. The van der Waals surface area contributed by atoms with Crippen LogP contribution in [0.15, 0.2) is 43.2 Å². The van der Waals surface area contributed by atoms with E-state index >= 15 is 0 Å². The molecule has 0 amide bonds. The maximum atomic E-state index is 11.4. The van der Waals surface area contributed by atoms with Gasteiger partial charge in [-0.25, -0.2) is 9.78 Å². The average Bonchev–Trinajstić information content (AvgIpc) is 2.59. The predicted octanol–water partition coefficient (Wildman–Crippen LogP) is 2.56. The van der Waals surface area contributed by atoms with Gasteiger partial charge < -0.3 is 14.8 Å². The van der Waals surface area contributed by atoms with Gasteiger partial charge >= 0.3 is 17.5 Å². The van der Waals surface area contributed by atoms with Crippen molar-refractivity contribution in [2.24, 2.45) is 0 Å². The van der Waals surface area contributed by atoms with Crippen molar-refractivity contribution in [3.63, 3.8) is 0 Å². The molecule has 24 heavy (non-hydrogen) atoms. The number of rotatable bonds is 7. The third-order valence-corrected chi connectivity index (χ3v) is 2.88. The number of esters is 1. The van der Waals surface area contributed by atoms with Gasteiger partial charge in [-0.1, -0.05) is 6.08 Å². The Hall–Kier alpha value is -3.49. The van der Waals surface area contributed by atoms with E-state index in [1.165, 1.54) is 37.5 Å². The van der Waals surface area contributed by atoms with E-state index in [-0.39, 0.29) is 17.4 Å². The minimum absolute atomic E-state index is 0.0241. The van der Waals surface area contributed by atoms with E-state index in [1.54, 1.807) is 0 Å². The maximum Gasteiger partial charge on any atom is 0.373 e. The fourth-order valence-electron chi connectivity index (χ4n) is 1.79. The standard InChI is InChI=1S/C15H14N4O5/c1-3-8-16-13-12(19(21)22)14(18-9-17-13)24-11-6-4-10(5-7-11)15(20)23-2/h3-7,9H,1,8H2,2H3,(H,16,17,18). The first-order valence-electron chi connectivity index (χ1n) is 6.77. The molecule has 1 N–H and O–H groups in total. The van der Waals surface area contributed by atoms with Crippen LogP contribution in [0.1, 0.15) is 10.4 Å². The quantitative estimate of drug-likeness (QED) is 0.356. The van der Waals surface area contributed by atoms with Crippen LogP contribution in [0.5, 0.6) is 11.6 Å². The summed E-state index contributed by atoms with van der Waals surface area (Å²) in [7, 11) is 1.27. The number of nitro groups is 1. The summed E-state index contributed by atoms with van der Waals surface area (Å²) < 4.78 is 10.0. The lowest BCUT2D eigenvalue weighted by molar-refractivity contribution is -0.385. The number of nitrogens with one attached hydrogen (secondary N) is 1. The van der Waals surface area contributed by atoms with Gasteiger partial charge in [0.05, 0.1) is 17.6 Å². The number of hydrogen-bond acceptors (Lipinski definition) is 8. The van der Waals surface area contributed by atoms with Crippen LogP contribution in [-0.4, -0.2) is 34.5 Å². The van der Waals surface area contributed by atoms with E-state index in [9.17, 15) is 14.9 Å². The Labute approximate surface area is 137 Å². The third-order valence-electron chi connectivity index (χ3n) is 2.88. The summed E-state index contributed by atoms with van der Waals surface area (Å²) in [6.45, 7) is 3.82. The number of benzene rings is 1. The second-order valence-corrected chi connectivity index (χ2v) is 4.42. The van der Waals surface area contributed by atoms with Gasteiger partial charge in [-0.2, -0.15) is 4.98 Å². The number of nitrogens with zero attached hydrogens (tertiary/aromatic N) is 3. The lowest BCUT2D eigenvalue weighted by Gasteiger charge is -2.08. The van der Waals surface area contributed by atoms with Crippen LogP contribution in [0.2, 0.25) is 0 Å². The fourth-order valence-corrected chi connectivity index (χ4v) is 1.79. The molecule has 2 aromatic rings. The summed E-state index contributed by atoms with van der Waals surface area (Å²) in [6.07, 6.45) is 2.69. The molecule has 9 heteroatoms. The van der Waals surface area contributed by atoms with Crippen molar-refractivity contribution in [1.82, 2.24) is 9.97 Å². The van der Waals surface area contributed by atoms with Gasteiger partial charge in [0.1, 0.15) is 12.1 Å².